The number of oxazole rings is 1. The highest BCUT2D eigenvalue weighted by Crippen LogP contribution is 2.29. The molecule has 82 valence electrons. The van der Waals surface area contributed by atoms with Gasteiger partial charge in [-0.3, -0.25) is 0 Å². The molecule has 1 aromatic carbocycles. The lowest BCUT2D eigenvalue weighted by atomic mass is 9.79. The summed E-state index contributed by atoms with van der Waals surface area (Å²) >= 11 is 5.81. The Morgan fingerprint density at radius 1 is 1.38 bits per heavy atom. The van der Waals surface area contributed by atoms with Crippen LogP contribution in [0.3, 0.4) is 0 Å². The standard InChI is InChI=1S/C9H6BClFNO3/c11-6-2-1-5(10(14)15)9(12)8(6)7-3-13-4-16-7/h1-4,14-15H. The Labute approximate surface area is 95.5 Å². The molecule has 1 heterocycles. The Balaban J connectivity index is 2.64. The van der Waals surface area contributed by atoms with Crippen LogP contribution in [0.5, 0.6) is 0 Å². The third-order valence-electron chi connectivity index (χ3n) is 2.08. The minimum atomic E-state index is -1.90. The average Bonchev–Trinajstić information content (AvgIpc) is 2.70. The first kappa shape index (κ1) is 11.1. The van der Waals surface area contributed by atoms with E-state index in [0.29, 0.717) is 0 Å². The molecule has 0 atom stereocenters. The summed E-state index contributed by atoms with van der Waals surface area (Å²) in [6.07, 6.45) is 2.42. The Morgan fingerprint density at radius 3 is 2.69 bits per heavy atom. The van der Waals surface area contributed by atoms with Crippen molar-refractivity contribution in [1.82, 2.24) is 4.98 Å². The zero-order chi connectivity index (χ0) is 11.7. The summed E-state index contributed by atoms with van der Waals surface area (Å²) in [4.78, 5) is 3.64. The van der Waals surface area contributed by atoms with Gasteiger partial charge in [0.2, 0.25) is 0 Å². The van der Waals surface area contributed by atoms with E-state index >= 15 is 0 Å². The van der Waals surface area contributed by atoms with E-state index in [-0.39, 0.29) is 21.8 Å². The molecule has 0 aliphatic rings. The van der Waals surface area contributed by atoms with Gasteiger partial charge in [0.05, 0.1) is 16.8 Å². The van der Waals surface area contributed by atoms with Gasteiger partial charge in [-0.25, -0.2) is 9.37 Å². The summed E-state index contributed by atoms with van der Waals surface area (Å²) in [6, 6.07) is 2.56. The Hall–Kier alpha value is -1.37. The number of halogens is 2. The molecule has 0 aliphatic carbocycles. The lowest BCUT2D eigenvalue weighted by Gasteiger charge is -2.07. The van der Waals surface area contributed by atoms with Crippen molar-refractivity contribution in [2.75, 3.05) is 0 Å². The van der Waals surface area contributed by atoms with Crippen LogP contribution in [0.4, 0.5) is 4.39 Å². The van der Waals surface area contributed by atoms with Crippen LogP contribution in [0.1, 0.15) is 0 Å². The number of aromatic nitrogens is 1. The van der Waals surface area contributed by atoms with Gasteiger partial charge in [-0.15, -0.1) is 0 Å². The highest BCUT2D eigenvalue weighted by molar-refractivity contribution is 6.59. The molecule has 2 N–H and O–H groups in total. The van der Waals surface area contributed by atoms with Gasteiger partial charge in [-0.05, 0) is 6.07 Å². The Kier molecular flexibility index (Phi) is 2.96. The quantitative estimate of drug-likeness (QED) is 0.764. The van der Waals surface area contributed by atoms with Crippen molar-refractivity contribution in [3.05, 3.63) is 35.6 Å². The number of rotatable bonds is 2. The predicted octanol–water partition coefficient (Wildman–Crippen LogP) is 0.814. The van der Waals surface area contributed by atoms with Crippen LogP contribution in [-0.4, -0.2) is 22.2 Å². The molecule has 0 amide bonds. The number of nitrogens with zero attached hydrogens (tertiary/aromatic N) is 1. The molecular weight excluding hydrogens is 235 g/mol. The summed E-state index contributed by atoms with van der Waals surface area (Å²) < 4.78 is 18.8. The predicted molar refractivity (Wildman–Crippen MR) is 56.7 cm³/mol. The first-order valence-corrected chi connectivity index (χ1v) is 4.72. The summed E-state index contributed by atoms with van der Waals surface area (Å²) in [5.74, 6) is -0.704. The van der Waals surface area contributed by atoms with Crippen LogP contribution < -0.4 is 5.46 Å². The van der Waals surface area contributed by atoms with Gasteiger partial charge in [0.25, 0.3) is 0 Å². The van der Waals surface area contributed by atoms with Crippen LogP contribution in [0.15, 0.2) is 29.1 Å². The average molecular weight is 241 g/mol. The van der Waals surface area contributed by atoms with E-state index in [4.69, 9.17) is 26.1 Å². The van der Waals surface area contributed by atoms with E-state index in [1.54, 1.807) is 0 Å². The highest BCUT2D eigenvalue weighted by Gasteiger charge is 2.23. The molecule has 7 heteroatoms. The molecule has 0 saturated heterocycles. The molecule has 4 nitrogen and oxygen atoms in total. The van der Waals surface area contributed by atoms with Gasteiger partial charge < -0.3 is 14.5 Å². The van der Waals surface area contributed by atoms with Crippen molar-refractivity contribution in [3.63, 3.8) is 0 Å². The van der Waals surface area contributed by atoms with E-state index in [2.05, 4.69) is 4.98 Å². The number of hydrogen-bond acceptors (Lipinski definition) is 4. The van der Waals surface area contributed by atoms with E-state index in [0.717, 1.165) is 6.39 Å². The maximum Gasteiger partial charge on any atom is 0.491 e. The zero-order valence-electron chi connectivity index (χ0n) is 7.89. The molecule has 16 heavy (non-hydrogen) atoms. The van der Waals surface area contributed by atoms with Crippen LogP contribution in [0.25, 0.3) is 11.3 Å². The second-order valence-corrected chi connectivity index (χ2v) is 3.47. The Bertz CT molecular complexity index is 504. The second kappa shape index (κ2) is 4.25. The first-order valence-electron chi connectivity index (χ1n) is 4.34. The summed E-state index contributed by atoms with van der Waals surface area (Å²) in [7, 11) is -1.90. The molecule has 0 radical (unpaired) electrons. The van der Waals surface area contributed by atoms with E-state index in [9.17, 15) is 4.39 Å². The largest absolute Gasteiger partial charge is 0.491 e. The van der Waals surface area contributed by atoms with Crippen molar-refractivity contribution in [1.29, 1.82) is 0 Å². The topological polar surface area (TPSA) is 66.5 Å². The minimum Gasteiger partial charge on any atom is -0.443 e. The molecule has 2 aromatic rings. The lowest BCUT2D eigenvalue weighted by molar-refractivity contribution is 0.423. The van der Waals surface area contributed by atoms with Gasteiger partial charge in [-0.1, -0.05) is 17.7 Å². The summed E-state index contributed by atoms with van der Waals surface area (Å²) in [5.41, 5.74) is -0.305. The molecule has 1 aromatic heterocycles. The third-order valence-corrected chi connectivity index (χ3v) is 2.39. The number of hydrogen-bond donors (Lipinski definition) is 2. The smallest absolute Gasteiger partial charge is 0.443 e. The van der Waals surface area contributed by atoms with E-state index in [1.807, 2.05) is 0 Å². The minimum absolute atomic E-state index is 0.0373. The fourth-order valence-corrected chi connectivity index (χ4v) is 1.57. The monoisotopic (exact) mass is 241 g/mol. The van der Waals surface area contributed by atoms with Gasteiger partial charge in [0.15, 0.2) is 12.2 Å². The molecule has 0 fully saturated rings. The van der Waals surface area contributed by atoms with Crippen LogP contribution >= 0.6 is 11.6 Å². The molecule has 0 unspecified atom stereocenters. The van der Waals surface area contributed by atoms with Crippen LogP contribution in [0, 0.1) is 5.82 Å². The zero-order valence-corrected chi connectivity index (χ0v) is 8.65. The van der Waals surface area contributed by atoms with Gasteiger partial charge in [-0.2, -0.15) is 0 Å². The maximum atomic E-state index is 13.9. The maximum absolute atomic E-state index is 13.9. The van der Waals surface area contributed by atoms with Crippen molar-refractivity contribution >= 4 is 24.2 Å². The van der Waals surface area contributed by atoms with Crippen LogP contribution in [-0.2, 0) is 0 Å². The Morgan fingerprint density at radius 2 is 2.12 bits per heavy atom. The third kappa shape index (κ3) is 1.82. The van der Waals surface area contributed by atoms with Gasteiger partial charge in [0, 0.05) is 5.46 Å². The highest BCUT2D eigenvalue weighted by atomic mass is 35.5. The fraction of sp³-hybridized carbons (Fsp3) is 0. The van der Waals surface area contributed by atoms with Crippen molar-refractivity contribution in [2.45, 2.75) is 0 Å². The first-order chi connectivity index (χ1) is 7.61. The van der Waals surface area contributed by atoms with E-state index < -0.39 is 12.9 Å². The molecule has 0 aliphatic heterocycles. The number of benzene rings is 1. The fourth-order valence-electron chi connectivity index (χ4n) is 1.33. The molecule has 0 spiro atoms. The second-order valence-electron chi connectivity index (χ2n) is 3.06. The normalized spacial score (nSPS) is 10.5. The molecule has 2 rings (SSSR count). The van der Waals surface area contributed by atoms with Crippen molar-refractivity contribution < 1.29 is 18.9 Å². The molecule has 0 saturated carbocycles. The molecule has 0 bridgehead atoms. The summed E-state index contributed by atoms with van der Waals surface area (Å²) in [5, 5.41) is 18.0. The SMILES string of the molecule is OB(O)c1ccc(Cl)c(-c2cnco2)c1F. The lowest BCUT2D eigenvalue weighted by Crippen LogP contribution is -2.33. The van der Waals surface area contributed by atoms with E-state index in [1.165, 1.54) is 18.3 Å². The van der Waals surface area contributed by atoms with Crippen LogP contribution in [0.2, 0.25) is 5.02 Å². The van der Waals surface area contributed by atoms with Gasteiger partial charge >= 0.3 is 7.12 Å². The molecular formula is C9H6BClFNO3. The van der Waals surface area contributed by atoms with Crippen molar-refractivity contribution in [2.24, 2.45) is 0 Å². The van der Waals surface area contributed by atoms with Crippen molar-refractivity contribution in [3.8, 4) is 11.3 Å². The summed E-state index contributed by atoms with van der Waals surface area (Å²) in [6.45, 7) is 0. The van der Waals surface area contributed by atoms with Gasteiger partial charge in [0.1, 0.15) is 5.82 Å².